The van der Waals surface area contributed by atoms with Crippen molar-refractivity contribution < 1.29 is 9.90 Å². The summed E-state index contributed by atoms with van der Waals surface area (Å²) in [6.45, 7) is 2.00. The van der Waals surface area contributed by atoms with E-state index < -0.39 is 11.9 Å². The molecule has 0 saturated carbocycles. The Kier molecular flexibility index (Phi) is 4.74. The van der Waals surface area contributed by atoms with Crippen LogP contribution in [-0.4, -0.2) is 16.1 Å². The summed E-state index contributed by atoms with van der Waals surface area (Å²) in [4.78, 5) is 15.4. The number of rotatable bonds is 5. The first-order valence-electron chi connectivity index (χ1n) is 6.44. The average molecular weight is 290 g/mol. The van der Waals surface area contributed by atoms with Gasteiger partial charge in [-0.2, -0.15) is 0 Å². The number of hydrogen-bond acceptors (Lipinski definition) is 2. The van der Waals surface area contributed by atoms with Crippen LogP contribution in [0.4, 0.5) is 0 Å². The summed E-state index contributed by atoms with van der Waals surface area (Å²) < 4.78 is 0. The summed E-state index contributed by atoms with van der Waals surface area (Å²) in [5.41, 5.74) is 3.08. The van der Waals surface area contributed by atoms with Crippen molar-refractivity contribution in [1.29, 1.82) is 0 Å². The van der Waals surface area contributed by atoms with Crippen LogP contribution in [0.2, 0.25) is 5.15 Å². The molecule has 104 valence electrons. The topological polar surface area (TPSA) is 50.2 Å². The average Bonchev–Trinajstić information content (AvgIpc) is 2.40. The standard InChI is InChI=1S/C16H16ClNO2/c1-11-4-2-3-5-13(11)10-14(16(19)20)8-12-6-7-18-15(17)9-12/h2-7,9,14H,8,10H2,1H3,(H,19,20). The van der Waals surface area contributed by atoms with E-state index in [0.717, 1.165) is 16.7 Å². The number of carboxylic acid groups (broad SMARTS) is 1. The second-order valence-electron chi connectivity index (χ2n) is 4.86. The molecule has 2 aromatic rings. The van der Waals surface area contributed by atoms with Crippen molar-refractivity contribution in [2.45, 2.75) is 19.8 Å². The molecule has 0 aliphatic heterocycles. The van der Waals surface area contributed by atoms with Gasteiger partial charge in [0.05, 0.1) is 5.92 Å². The van der Waals surface area contributed by atoms with Gasteiger partial charge in [0.2, 0.25) is 0 Å². The molecule has 1 heterocycles. The van der Waals surface area contributed by atoms with Crippen molar-refractivity contribution in [1.82, 2.24) is 4.98 Å². The summed E-state index contributed by atoms with van der Waals surface area (Å²) in [6, 6.07) is 11.4. The summed E-state index contributed by atoms with van der Waals surface area (Å²) in [5.74, 6) is -1.25. The zero-order chi connectivity index (χ0) is 14.5. The van der Waals surface area contributed by atoms with Crippen LogP contribution in [0.5, 0.6) is 0 Å². The zero-order valence-electron chi connectivity index (χ0n) is 11.2. The van der Waals surface area contributed by atoms with Gasteiger partial charge in [0.15, 0.2) is 0 Å². The third-order valence-corrected chi connectivity index (χ3v) is 3.56. The van der Waals surface area contributed by atoms with Crippen LogP contribution in [0.25, 0.3) is 0 Å². The molecule has 1 atom stereocenters. The van der Waals surface area contributed by atoms with Crippen molar-refractivity contribution in [3.8, 4) is 0 Å². The second-order valence-corrected chi connectivity index (χ2v) is 5.24. The monoisotopic (exact) mass is 289 g/mol. The number of aryl methyl sites for hydroxylation is 1. The number of aliphatic carboxylic acids is 1. The summed E-state index contributed by atoms with van der Waals surface area (Å²) >= 11 is 5.83. The van der Waals surface area contributed by atoms with E-state index >= 15 is 0 Å². The van der Waals surface area contributed by atoms with Gasteiger partial charge in [-0.3, -0.25) is 4.79 Å². The Hall–Kier alpha value is -1.87. The minimum absolute atomic E-state index is 0.391. The quantitative estimate of drug-likeness (QED) is 0.857. The highest BCUT2D eigenvalue weighted by Gasteiger charge is 2.19. The van der Waals surface area contributed by atoms with Crippen molar-refractivity contribution in [2.75, 3.05) is 0 Å². The first-order valence-corrected chi connectivity index (χ1v) is 6.82. The number of carboxylic acids is 1. The third-order valence-electron chi connectivity index (χ3n) is 3.35. The lowest BCUT2D eigenvalue weighted by Crippen LogP contribution is -2.19. The lowest BCUT2D eigenvalue weighted by Gasteiger charge is -2.14. The number of benzene rings is 1. The van der Waals surface area contributed by atoms with E-state index in [1.54, 1.807) is 18.3 Å². The maximum atomic E-state index is 11.5. The Morgan fingerprint density at radius 2 is 2.05 bits per heavy atom. The van der Waals surface area contributed by atoms with E-state index in [4.69, 9.17) is 11.6 Å². The van der Waals surface area contributed by atoms with Crippen molar-refractivity contribution in [2.24, 2.45) is 5.92 Å². The Labute approximate surface area is 123 Å². The van der Waals surface area contributed by atoms with Gasteiger partial charge in [0.25, 0.3) is 0 Å². The maximum absolute atomic E-state index is 11.5. The minimum Gasteiger partial charge on any atom is -0.481 e. The molecule has 0 aliphatic carbocycles. The fraction of sp³-hybridized carbons (Fsp3) is 0.250. The van der Waals surface area contributed by atoms with Crippen LogP contribution in [-0.2, 0) is 17.6 Å². The Morgan fingerprint density at radius 1 is 1.30 bits per heavy atom. The highest BCUT2D eigenvalue weighted by molar-refractivity contribution is 6.29. The van der Waals surface area contributed by atoms with E-state index in [0.29, 0.717) is 18.0 Å². The fourth-order valence-electron chi connectivity index (χ4n) is 2.21. The molecule has 4 heteroatoms. The van der Waals surface area contributed by atoms with Gasteiger partial charge in [-0.05, 0) is 48.6 Å². The minimum atomic E-state index is -0.791. The fourth-order valence-corrected chi connectivity index (χ4v) is 2.40. The highest BCUT2D eigenvalue weighted by Crippen LogP contribution is 2.19. The molecule has 1 aromatic carbocycles. The van der Waals surface area contributed by atoms with Crippen molar-refractivity contribution >= 4 is 17.6 Å². The number of aromatic nitrogens is 1. The molecule has 0 saturated heterocycles. The predicted molar refractivity (Wildman–Crippen MR) is 79.0 cm³/mol. The Morgan fingerprint density at radius 3 is 2.70 bits per heavy atom. The predicted octanol–water partition coefficient (Wildman–Crippen LogP) is 3.53. The summed E-state index contributed by atoms with van der Waals surface area (Å²) in [7, 11) is 0. The molecule has 1 N–H and O–H groups in total. The number of carbonyl (C=O) groups is 1. The van der Waals surface area contributed by atoms with Crippen LogP contribution < -0.4 is 0 Å². The Balaban J connectivity index is 2.16. The lowest BCUT2D eigenvalue weighted by molar-refractivity contribution is -0.141. The van der Waals surface area contributed by atoms with E-state index in [1.165, 1.54) is 0 Å². The number of halogens is 1. The molecule has 0 aliphatic rings. The van der Waals surface area contributed by atoms with Gasteiger partial charge in [0.1, 0.15) is 5.15 Å². The van der Waals surface area contributed by atoms with Gasteiger partial charge in [-0.25, -0.2) is 4.98 Å². The molecule has 0 spiro atoms. The summed E-state index contributed by atoms with van der Waals surface area (Å²) in [5, 5.41) is 9.80. The van der Waals surface area contributed by atoms with Gasteiger partial charge in [0, 0.05) is 6.20 Å². The van der Waals surface area contributed by atoms with E-state index in [-0.39, 0.29) is 0 Å². The molecule has 1 unspecified atom stereocenters. The van der Waals surface area contributed by atoms with E-state index in [1.807, 2.05) is 31.2 Å². The summed E-state index contributed by atoms with van der Waals surface area (Å²) in [6.07, 6.45) is 2.57. The second kappa shape index (κ2) is 6.53. The molecule has 1 aromatic heterocycles. The smallest absolute Gasteiger partial charge is 0.307 e. The lowest BCUT2D eigenvalue weighted by atomic mass is 9.91. The van der Waals surface area contributed by atoms with Gasteiger partial charge < -0.3 is 5.11 Å². The van der Waals surface area contributed by atoms with E-state index in [9.17, 15) is 9.90 Å². The van der Waals surface area contributed by atoms with Gasteiger partial charge >= 0.3 is 5.97 Å². The normalized spacial score (nSPS) is 12.1. The molecule has 3 nitrogen and oxygen atoms in total. The van der Waals surface area contributed by atoms with Crippen LogP contribution in [0.15, 0.2) is 42.6 Å². The molecule has 0 amide bonds. The third kappa shape index (κ3) is 3.81. The first-order chi connectivity index (χ1) is 9.56. The molecule has 0 bridgehead atoms. The number of hydrogen-bond donors (Lipinski definition) is 1. The molecule has 0 radical (unpaired) electrons. The van der Waals surface area contributed by atoms with Gasteiger partial charge in [-0.1, -0.05) is 35.9 Å². The highest BCUT2D eigenvalue weighted by atomic mass is 35.5. The zero-order valence-corrected chi connectivity index (χ0v) is 12.0. The molecule has 20 heavy (non-hydrogen) atoms. The largest absolute Gasteiger partial charge is 0.481 e. The van der Waals surface area contributed by atoms with Crippen molar-refractivity contribution in [3.63, 3.8) is 0 Å². The number of pyridine rings is 1. The maximum Gasteiger partial charge on any atom is 0.307 e. The Bertz CT molecular complexity index is 613. The van der Waals surface area contributed by atoms with Crippen LogP contribution >= 0.6 is 11.6 Å². The molecular formula is C16H16ClNO2. The SMILES string of the molecule is Cc1ccccc1CC(Cc1ccnc(Cl)c1)C(=O)O. The van der Waals surface area contributed by atoms with Crippen LogP contribution in [0, 0.1) is 12.8 Å². The van der Waals surface area contributed by atoms with Gasteiger partial charge in [-0.15, -0.1) is 0 Å². The van der Waals surface area contributed by atoms with Crippen molar-refractivity contribution in [3.05, 3.63) is 64.4 Å². The molecule has 2 rings (SSSR count). The van der Waals surface area contributed by atoms with E-state index in [2.05, 4.69) is 4.98 Å². The van der Waals surface area contributed by atoms with Crippen LogP contribution in [0.1, 0.15) is 16.7 Å². The molecular weight excluding hydrogens is 274 g/mol. The molecule has 0 fully saturated rings. The van der Waals surface area contributed by atoms with Crippen LogP contribution in [0.3, 0.4) is 0 Å². The first kappa shape index (κ1) is 14.5. The number of nitrogens with zero attached hydrogens (tertiary/aromatic N) is 1.